The Kier molecular flexibility index (Phi) is 8.12. The maximum absolute atomic E-state index is 12.9. The number of ether oxygens (including phenoxy) is 3. The number of amides is 1. The van der Waals surface area contributed by atoms with E-state index in [4.69, 9.17) is 14.2 Å². The Hall–Kier alpha value is -2.57. The minimum atomic E-state index is -0.220. The van der Waals surface area contributed by atoms with Crippen LogP contribution in [-0.4, -0.2) is 56.0 Å². The predicted octanol–water partition coefficient (Wildman–Crippen LogP) is 5.52. The zero-order valence-electron chi connectivity index (χ0n) is 21.6. The summed E-state index contributed by atoms with van der Waals surface area (Å²) in [5, 5.41) is 3.81. The molecule has 0 unspecified atom stereocenters. The average molecular weight is 493 g/mol. The molecule has 194 valence electrons. The van der Waals surface area contributed by atoms with E-state index in [9.17, 15) is 4.79 Å². The van der Waals surface area contributed by atoms with Gasteiger partial charge in [-0.05, 0) is 73.6 Å². The fourth-order valence-corrected chi connectivity index (χ4v) is 6.79. The van der Waals surface area contributed by atoms with Crippen LogP contribution in [0.1, 0.15) is 62.0 Å². The molecule has 2 aromatic carbocycles. The van der Waals surface area contributed by atoms with Crippen LogP contribution in [0.3, 0.4) is 0 Å². The normalized spacial score (nSPS) is 29.7. The van der Waals surface area contributed by atoms with E-state index in [1.165, 1.54) is 18.2 Å². The number of nitrogens with one attached hydrogen (secondary N) is 1. The molecule has 4 atom stereocenters. The molecule has 6 nitrogen and oxygen atoms in total. The average Bonchev–Trinajstić information content (AvgIpc) is 3.52. The minimum absolute atomic E-state index is 0.0159. The summed E-state index contributed by atoms with van der Waals surface area (Å²) in [5.41, 5.74) is 2.65. The molecule has 6 heteroatoms. The number of fused-ring (bicyclic) bond motifs is 1. The van der Waals surface area contributed by atoms with Crippen molar-refractivity contribution in [2.24, 2.45) is 5.92 Å². The van der Waals surface area contributed by atoms with Gasteiger partial charge in [0.25, 0.3) is 0 Å². The maximum atomic E-state index is 12.9. The summed E-state index contributed by atoms with van der Waals surface area (Å²) in [7, 11) is 3.18. The van der Waals surface area contributed by atoms with Crippen molar-refractivity contribution in [2.45, 2.75) is 81.6 Å². The van der Waals surface area contributed by atoms with Crippen LogP contribution in [-0.2, 0) is 16.0 Å². The number of benzene rings is 2. The number of likely N-dealkylation sites (tertiary alicyclic amines) is 1. The van der Waals surface area contributed by atoms with E-state index in [1.807, 2.05) is 17.0 Å². The molecule has 36 heavy (non-hydrogen) atoms. The molecule has 1 heterocycles. The van der Waals surface area contributed by atoms with E-state index in [2.05, 4.69) is 47.8 Å². The second kappa shape index (κ2) is 11.7. The monoisotopic (exact) mass is 492 g/mol. The molecule has 3 fully saturated rings. The van der Waals surface area contributed by atoms with Crippen molar-refractivity contribution in [3.05, 3.63) is 65.7 Å². The van der Waals surface area contributed by atoms with Crippen LogP contribution < -0.4 is 10.1 Å². The third kappa shape index (κ3) is 5.40. The first-order valence-corrected chi connectivity index (χ1v) is 13.6. The molecule has 3 aliphatic rings. The summed E-state index contributed by atoms with van der Waals surface area (Å²) in [6.07, 6.45) is 7.82. The van der Waals surface area contributed by atoms with Gasteiger partial charge in [-0.15, -0.1) is 0 Å². The first-order valence-electron chi connectivity index (χ1n) is 13.6. The quantitative estimate of drug-likeness (QED) is 0.526. The predicted molar refractivity (Wildman–Crippen MR) is 140 cm³/mol. The van der Waals surface area contributed by atoms with Crippen molar-refractivity contribution in [3.8, 4) is 5.75 Å². The van der Waals surface area contributed by atoms with Crippen LogP contribution in [0.5, 0.6) is 5.75 Å². The summed E-state index contributed by atoms with van der Waals surface area (Å²) in [6, 6.07) is 19.4. The van der Waals surface area contributed by atoms with Gasteiger partial charge < -0.3 is 19.5 Å². The number of nitrogens with zero attached hydrogens (tertiary/aromatic N) is 1. The molecule has 0 bridgehead atoms. The summed E-state index contributed by atoms with van der Waals surface area (Å²) in [6.45, 7) is 1.31. The first-order chi connectivity index (χ1) is 17.7. The zero-order chi connectivity index (χ0) is 24.9. The fourth-order valence-electron chi connectivity index (χ4n) is 6.79. The van der Waals surface area contributed by atoms with E-state index in [1.54, 1.807) is 7.11 Å². The van der Waals surface area contributed by atoms with Crippen molar-refractivity contribution in [2.75, 3.05) is 20.8 Å². The highest BCUT2D eigenvalue weighted by atomic mass is 16.5. The number of rotatable bonds is 8. The third-order valence-corrected chi connectivity index (χ3v) is 8.66. The Morgan fingerprint density at radius 1 is 0.944 bits per heavy atom. The highest BCUT2D eigenvalue weighted by Gasteiger charge is 2.53. The van der Waals surface area contributed by atoms with Gasteiger partial charge in [0.15, 0.2) is 0 Å². The van der Waals surface area contributed by atoms with Crippen molar-refractivity contribution >= 4 is 6.09 Å². The summed E-state index contributed by atoms with van der Waals surface area (Å²) < 4.78 is 17.1. The molecule has 5 rings (SSSR count). The lowest BCUT2D eigenvalue weighted by Crippen LogP contribution is -2.50. The van der Waals surface area contributed by atoms with E-state index in [0.717, 1.165) is 57.2 Å². The molecule has 2 aromatic rings. The van der Waals surface area contributed by atoms with Crippen LogP contribution in [0.15, 0.2) is 54.6 Å². The van der Waals surface area contributed by atoms with Gasteiger partial charge in [0.2, 0.25) is 0 Å². The smallest absolute Gasteiger partial charge is 0.410 e. The lowest BCUT2D eigenvalue weighted by atomic mass is 9.83. The van der Waals surface area contributed by atoms with Gasteiger partial charge in [0, 0.05) is 18.6 Å². The topological polar surface area (TPSA) is 60.0 Å². The largest absolute Gasteiger partial charge is 0.497 e. The number of carbonyl (C=O) groups excluding carboxylic acids is 1. The Bertz CT molecular complexity index is 974. The van der Waals surface area contributed by atoms with Gasteiger partial charge >= 0.3 is 6.09 Å². The molecule has 1 N–H and O–H groups in total. The maximum Gasteiger partial charge on any atom is 0.410 e. The number of hydrogen-bond donors (Lipinski definition) is 1. The highest BCUT2D eigenvalue weighted by Crippen LogP contribution is 2.42. The van der Waals surface area contributed by atoms with Gasteiger partial charge in [-0.2, -0.15) is 0 Å². The molecule has 2 aliphatic carbocycles. The van der Waals surface area contributed by atoms with E-state index in [-0.39, 0.29) is 30.3 Å². The molecule has 1 saturated heterocycles. The first kappa shape index (κ1) is 25.1. The third-order valence-electron chi connectivity index (χ3n) is 8.66. The minimum Gasteiger partial charge on any atom is -0.497 e. The second-order valence-corrected chi connectivity index (χ2v) is 10.6. The SMILES string of the molecule is COC(=O)N1[C@@H]2CCC[C@@H]2[C@H](NCc2ccc(OC)cc2)[C@@H]1CO[C@H]1CC[C@@H](c2ccccc2)CC1. The van der Waals surface area contributed by atoms with Crippen LogP contribution in [0.2, 0.25) is 0 Å². The molecule has 0 radical (unpaired) electrons. The molecular formula is C30H40N2O4. The van der Waals surface area contributed by atoms with E-state index < -0.39 is 0 Å². The Balaban J connectivity index is 1.23. The fraction of sp³-hybridized carbons (Fsp3) is 0.567. The molecule has 2 saturated carbocycles. The summed E-state index contributed by atoms with van der Waals surface area (Å²) in [5.74, 6) is 1.92. The van der Waals surface area contributed by atoms with Crippen molar-refractivity contribution in [1.29, 1.82) is 0 Å². The molecule has 1 amide bonds. The highest BCUT2D eigenvalue weighted by molar-refractivity contribution is 5.69. The van der Waals surface area contributed by atoms with Crippen LogP contribution in [0, 0.1) is 5.92 Å². The van der Waals surface area contributed by atoms with E-state index in [0.29, 0.717) is 18.4 Å². The second-order valence-electron chi connectivity index (χ2n) is 10.6. The standard InChI is InChI=1S/C30H40N2O4/c1-34-24-15-11-21(12-16-24)19-31-29-26-9-6-10-27(26)32(30(33)35-2)28(29)20-36-25-17-13-23(14-18-25)22-7-4-3-5-8-22/h3-5,7-8,11-12,15-16,23,25-29,31H,6,9-10,13-14,17-20H2,1-2H3/t23-,25+,26-,27+,28-,29-/m0/s1. The number of hydrogen-bond acceptors (Lipinski definition) is 5. The lowest BCUT2D eigenvalue weighted by Gasteiger charge is -2.34. The van der Waals surface area contributed by atoms with Crippen molar-refractivity contribution in [1.82, 2.24) is 10.2 Å². The van der Waals surface area contributed by atoms with E-state index >= 15 is 0 Å². The number of carbonyl (C=O) groups is 1. The Morgan fingerprint density at radius 2 is 1.69 bits per heavy atom. The van der Waals surface area contributed by atoms with Crippen LogP contribution >= 0.6 is 0 Å². The zero-order valence-corrected chi connectivity index (χ0v) is 21.6. The molecule has 0 spiro atoms. The lowest BCUT2D eigenvalue weighted by molar-refractivity contribution is -0.0109. The molecular weight excluding hydrogens is 452 g/mol. The van der Waals surface area contributed by atoms with Gasteiger partial charge in [0.1, 0.15) is 5.75 Å². The Labute approximate surface area is 215 Å². The van der Waals surface area contributed by atoms with Gasteiger partial charge in [-0.1, -0.05) is 48.9 Å². The van der Waals surface area contributed by atoms with Crippen LogP contribution in [0.25, 0.3) is 0 Å². The van der Waals surface area contributed by atoms with Crippen LogP contribution in [0.4, 0.5) is 4.79 Å². The number of methoxy groups -OCH3 is 2. The Morgan fingerprint density at radius 3 is 2.39 bits per heavy atom. The molecule has 0 aromatic heterocycles. The summed E-state index contributed by atoms with van der Waals surface area (Å²) in [4.78, 5) is 14.9. The molecule has 1 aliphatic heterocycles. The summed E-state index contributed by atoms with van der Waals surface area (Å²) >= 11 is 0. The van der Waals surface area contributed by atoms with Crippen molar-refractivity contribution < 1.29 is 19.0 Å². The van der Waals surface area contributed by atoms with Gasteiger partial charge in [-0.25, -0.2) is 4.79 Å². The van der Waals surface area contributed by atoms with Gasteiger partial charge in [-0.3, -0.25) is 4.90 Å². The van der Waals surface area contributed by atoms with Gasteiger partial charge in [0.05, 0.1) is 33.0 Å². The van der Waals surface area contributed by atoms with Crippen molar-refractivity contribution in [3.63, 3.8) is 0 Å².